The van der Waals surface area contributed by atoms with Crippen LogP contribution in [0.15, 0.2) is 18.5 Å². The van der Waals surface area contributed by atoms with Crippen LogP contribution < -0.4 is 5.32 Å². The normalized spacial score (nSPS) is 22.7. The fraction of sp³-hybridized carbons (Fsp3) is 0.462. The molecular weight excluding hydrogens is 248 g/mol. The van der Waals surface area contributed by atoms with Gasteiger partial charge in [-0.25, -0.2) is 0 Å². The molecule has 1 aromatic rings. The molecule has 1 saturated carbocycles. The van der Waals surface area contributed by atoms with Crippen molar-refractivity contribution in [1.29, 1.82) is 0 Å². The highest BCUT2D eigenvalue weighted by molar-refractivity contribution is 5.94. The van der Waals surface area contributed by atoms with Gasteiger partial charge in [-0.05, 0) is 25.3 Å². The van der Waals surface area contributed by atoms with E-state index in [9.17, 15) is 14.7 Å². The number of rotatable bonds is 3. The zero-order valence-electron chi connectivity index (χ0n) is 10.4. The molecule has 0 radical (unpaired) electrons. The van der Waals surface area contributed by atoms with Crippen LogP contribution >= 0.6 is 0 Å². The predicted molar refractivity (Wildman–Crippen MR) is 66.7 cm³/mol. The van der Waals surface area contributed by atoms with Gasteiger partial charge in [-0.15, -0.1) is 0 Å². The Morgan fingerprint density at radius 1 is 1.32 bits per heavy atom. The van der Waals surface area contributed by atoms with Gasteiger partial charge in [0.15, 0.2) is 0 Å². The van der Waals surface area contributed by atoms with E-state index >= 15 is 0 Å². The summed E-state index contributed by atoms with van der Waals surface area (Å²) in [6, 6.07) is 1.20. The second-order valence-corrected chi connectivity index (χ2v) is 4.80. The maximum Gasteiger partial charge on any atom is 0.306 e. The number of carboxylic acid groups (broad SMARTS) is 1. The summed E-state index contributed by atoms with van der Waals surface area (Å²) in [4.78, 5) is 26.6. The minimum atomic E-state index is -0.807. The lowest BCUT2D eigenvalue weighted by Crippen LogP contribution is -2.39. The Kier molecular flexibility index (Phi) is 3.99. The number of carboxylic acids is 1. The summed E-state index contributed by atoms with van der Waals surface area (Å²) in [7, 11) is 0. The summed E-state index contributed by atoms with van der Waals surface area (Å²) < 4.78 is 0. The van der Waals surface area contributed by atoms with Gasteiger partial charge in [0.2, 0.25) is 0 Å². The van der Waals surface area contributed by atoms with E-state index in [-0.39, 0.29) is 29.2 Å². The number of aromatic nitrogens is 1. The van der Waals surface area contributed by atoms with Crippen molar-refractivity contribution in [2.24, 2.45) is 5.92 Å². The molecule has 6 heteroatoms. The third-order valence-electron chi connectivity index (χ3n) is 3.34. The fourth-order valence-corrected chi connectivity index (χ4v) is 2.37. The van der Waals surface area contributed by atoms with E-state index in [1.54, 1.807) is 0 Å². The van der Waals surface area contributed by atoms with Crippen molar-refractivity contribution in [2.75, 3.05) is 0 Å². The summed E-state index contributed by atoms with van der Waals surface area (Å²) in [5.41, 5.74) is 0.275. The van der Waals surface area contributed by atoms with E-state index in [2.05, 4.69) is 10.3 Å². The highest BCUT2D eigenvalue weighted by atomic mass is 16.4. The van der Waals surface area contributed by atoms with Crippen LogP contribution in [0.4, 0.5) is 0 Å². The number of carbonyl (C=O) groups is 2. The first-order valence-corrected chi connectivity index (χ1v) is 6.24. The van der Waals surface area contributed by atoms with Gasteiger partial charge in [0.1, 0.15) is 5.75 Å². The minimum absolute atomic E-state index is 0.0697. The van der Waals surface area contributed by atoms with E-state index in [0.29, 0.717) is 12.8 Å². The average molecular weight is 264 g/mol. The number of hydrogen-bond donors (Lipinski definition) is 3. The fourth-order valence-electron chi connectivity index (χ4n) is 2.37. The second-order valence-electron chi connectivity index (χ2n) is 4.80. The molecule has 0 aliphatic heterocycles. The maximum absolute atomic E-state index is 11.9. The van der Waals surface area contributed by atoms with E-state index in [1.165, 1.54) is 18.5 Å². The molecule has 2 atom stereocenters. The molecule has 1 fully saturated rings. The van der Waals surface area contributed by atoms with Crippen LogP contribution in [0.2, 0.25) is 0 Å². The number of hydrogen-bond acceptors (Lipinski definition) is 4. The lowest BCUT2D eigenvalue weighted by molar-refractivity contribution is -0.143. The van der Waals surface area contributed by atoms with Crippen molar-refractivity contribution in [1.82, 2.24) is 10.3 Å². The molecule has 1 aliphatic rings. The van der Waals surface area contributed by atoms with E-state index in [1.807, 2.05) is 0 Å². The SMILES string of the molecule is O=C(NC1CCCC(C(=O)O)C1)c1cncc(O)c1. The van der Waals surface area contributed by atoms with Gasteiger partial charge in [-0.3, -0.25) is 14.6 Å². The number of nitrogens with one attached hydrogen (secondary N) is 1. The van der Waals surface area contributed by atoms with E-state index in [4.69, 9.17) is 5.11 Å². The van der Waals surface area contributed by atoms with Crippen LogP contribution in [0, 0.1) is 5.92 Å². The molecular formula is C13H16N2O4. The van der Waals surface area contributed by atoms with Gasteiger partial charge in [-0.1, -0.05) is 6.42 Å². The average Bonchev–Trinajstić information content (AvgIpc) is 2.39. The Hall–Kier alpha value is -2.11. The van der Waals surface area contributed by atoms with Crippen LogP contribution in [0.5, 0.6) is 5.75 Å². The number of aliphatic carboxylic acids is 1. The highest BCUT2D eigenvalue weighted by Gasteiger charge is 2.28. The zero-order chi connectivity index (χ0) is 13.8. The Bertz CT molecular complexity index is 489. The molecule has 2 unspecified atom stereocenters. The Balaban J connectivity index is 1.97. The summed E-state index contributed by atoms with van der Waals surface area (Å²) >= 11 is 0. The molecule has 102 valence electrons. The summed E-state index contributed by atoms with van der Waals surface area (Å²) in [6.07, 6.45) is 5.30. The molecule has 3 N–H and O–H groups in total. The number of amides is 1. The smallest absolute Gasteiger partial charge is 0.306 e. The third kappa shape index (κ3) is 3.43. The van der Waals surface area contributed by atoms with Crippen molar-refractivity contribution in [3.8, 4) is 5.75 Å². The van der Waals surface area contributed by atoms with Crippen LogP contribution in [-0.2, 0) is 4.79 Å². The predicted octanol–water partition coefficient (Wildman–Crippen LogP) is 1.16. The Morgan fingerprint density at radius 2 is 2.11 bits per heavy atom. The number of pyridine rings is 1. The lowest BCUT2D eigenvalue weighted by Gasteiger charge is -2.27. The molecule has 1 aliphatic carbocycles. The molecule has 0 spiro atoms. The first-order chi connectivity index (χ1) is 9.06. The lowest BCUT2D eigenvalue weighted by atomic mass is 9.85. The van der Waals surface area contributed by atoms with Gasteiger partial charge in [0.25, 0.3) is 5.91 Å². The molecule has 0 saturated heterocycles. The van der Waals surface area contributed by atoms with Gasteiger partial charge >= 0.3 is 5.97 Å². The van der Waals surface area contributed by atoms with Crippen LogP contribution in [0.3, 0.4) is 0 Å². The summed E-state index contributed by atoms with van der Waals surface area (Å²) in [6.45, 7) is 0. The molecule has 0 aromatic carbocycles. The molecule has 2 rings (SSSR count). The number of carbonyl (C=O) groups excluding carboxylic acids is 1. The standard InChI is InChI=1S/C13H16N2O4/c16-11-5-9(6-14-7-11)12(17)15-10-3-1-2-8(4-10)13(18)19/h5-8,10,16H,1-4H2,(H,15,17)(H,18,19). The molecule has 6 nitrogen and oxygen atoms in total. The summed E-state index contributed by atoms with van der Waals surface area (Å²) in [5, 5.41) is 21.0. The van der Waals surface area contributed by atoms with Crippen molar-refractivity contribution in [3.63, 3.8) is 0 Å². The second kappa shape index (κ2) is 5.69. The first kappa shape index (κ1) is 13.3. The number of aromatic hydroxyl groups is 1. The largest absolute Gasteiger partial charge is 0.506 e. The van der Waals surface area contributed by atoms with Gasteiger partial charge in [-0.2, -0.15) is 0 Å². The van der Waals surface area contributed by atoms with E-state index in [0.717, 1.165) is 12.8 Å². The third-order valence-corrected chi connectivity index (χ3v) is 3.34. The highest BCUT2D eigenvalue weighted by Crippen LogP contribution is 2.24. The molecule has 1 aromatic heterocycles. The van der Waals surface area contributed by atoms with Crippen LogP contribution in [-0.4, -0.2) is 33.1 Å². The Labute approximate surface area is 110 Å². The van der Waals surface area contributed by atoms with E-state index < -0.39 is 5.97 Å². The van der Waals surface area contributed by atoms with Crippen LogP contribution in [0.1, 0.15) is 36.0 Å². The zero-order valence-corrected chi connectivity index (χ0v) is 10.4. The van der Waals surface area contributed by atoms with Crippen molar-refractivity contribution in [3.05, 3.63) is 24.0 Å². The van der Waals surface area contributed by atoms with Crippen LogP contribution in [0.25, 0.3) is 0 Å². The number of nitrogens with zero attached hydrogens (tertiary/aromatic N) is 1. The molecule has 1 heterocycles. The maximum atomic E-state index is 11.9. The molecule has 19 heavy (non-hydrogen) atoms. The first-order valence-electron chi connectivity index (χ1n) is 6.24. The van der Waals surface area contributed by atoms with Crippen molar-refractivity contribution in [2.45, 2.75) is 31.7 Å². The van der Waals surface area contributed by atoms with Gasteiger partial charge in [0.05, 0.1) is 17.7 Å². The monoisotopic (exact) mass is 264 g/mol. The Morgan fingerprint density at radius 3 is 2.79 bits per heavy atom. The van der Waals surface area contributed by atoms with Gasteiger partial charge < -0.3 is 15.5 Å². The quantitative estimate of drug-likeness (QED) is 0.760. The van der Waals surface area contributed by atoms with Crippen molar-refractivity contribution >= 4 is 11.9 Å². The minimum Gasteiger partial charge on any atom is -0.506 e. The molecule has 0 bridgehead atoms. The summed E-state index contributed by atoms with van der Waals surface area (Å²) in [5.74, 6) is -1.60. The molecule has 1 amide bonds. The van der Waals surface area contributed by atoms with Crippen molar-refractivity contribution < 1.29 is 19.8 Å². The topological polar surface area (TPSA) is 99.5 Å². The van der Waals surface area contributed by atoms with Gasteiger partial charge in [0, 0.05) is 12.2 Å².